The van der Waals surface area contributed by atoms with Gasteiger partial charge in [0.25, 0.3) is 8.32 Å². The highest BCUT2D eigenvalue weighted by Crippen LogP contribution is 2.44. The zero-order valence-electron chi connectivity index (χ0n) is 28.4. The Morgan fingerprint density at radius 1 is 0.891 bits per heavy atom. The van der Waals surface area contributed by atoms with Crippen molar-refractivity contribution in [1.29, 1.82) is 0 Å². The van der Waals surface area contributed by atoms with E-state index in [-0.39, 0.29) is 0 Å². The minimum atomic E-state index is -2.16. The number of aromatic nitrogens is 3. The number of rotatable bonds is 11. The molecule has 1 N–H and O–H groups in total. The van der Waals surface area contributed by atoms with Crippen LogP contribution < -0.4 is 9.16 Å². The van der Waals surface area contributed by atoms with Crippen molar-refractivity contribution in [2.75, 3.05) is 7.11 Å². The molecule has 0 radical (unpaired) electrons. The normalized spacial score (nSPS) is 13.5. The lowest BCUT2D eigenvalue weighted by Crippen LogP contribution is -2.50. The zero-order chi connectivity index (χ0) is 33.4. The van der Waals surface area contributed by atoms with Crippen LogP contribution in [0.2, 0.25) is 16.6 Å². The molecular formula is C38H46BrN3O3Si. The lowest BCUT2D eigenvalue weighted by molar-refractivity contribution is 0.117. The number of nitrogens with zero attached hydrogens (tertiary/aromatic N) is 3. The van der Waals surface area contributed by atoms with Gasteiger partial charge in [-0.05, 0) is 75.6 Å². The number of imidazole rings is 1. The van der Waals surface area contributed by atoms with E-state index in [1.54, 1.807) is 25.8 Å². The van der Waals surface area contributed by atoms with Gasteiger partial charge in [0.2, 0.25) is 0 Å². The summed E-state index contributed by atoms with van der Waals surface area (Å²) in [5, 5.41) is 13.7. The van der Waals surface area contributed by atoms with Crippen molar-refractivity contribution in [2.24, 2.45) is 7.05 Å². The molecule has 6 nitrogen and oxygen atoms in total. The van der Waals surface area contributed by atoms with Crippen LogP contribution in [0.3, 0.4) is 0 Å². The molecule has 2 aromatic heterocycles. The van der Waals surface area contributed by atoms with Crippen molar-refractivity contribution in [3.63, 3.8) is 0 Å². The highest BCUT2D eigenvalue weighted by atomic mass is 79.9. The van der Waals surface area contributed by atoms with Gasteiger partial charge in [-0.3, -0.25) is 4.98 Å². The molecule has 0 bridgehead atoms. The summed E-state index contributed by atoms with van der Waals surface area (Å²) in [5.41, 5.74) is 5.76. The Morgan fingerprint density at radius 2 is 1.61 bits per heavy atom. The molecule has 46 heavy (non-hydrogen) atoms. The Labute approximate surface area is 283 Å². The number of hydrogen-bond donors (Lipinski definition) is 1. The van der Waals surface area contributed by atoms with Crippen molar-refractivity contribution in [2.45, 2.75) is 77.1 Å². The minimum Gasteiger partial charge on any atom is -0.543 e. The average Bonchev–Trinajstić information content (AvgIpc) is 3.48. The van der Waals surface area contributed by atoms with Crippen LogP contribution in [0.5, 0.6) is 11.5 Å². The SMILES string of the molecule is CCc1cc(C(O)(c2cnc3cc(OC)cc(-c4cccc(O[Si](C(C)C)(C(C)C)C(C)C)c4)c3c2)c2cncn2C)ccc1Br. The van der Waals surface area contributed by atoms with E-state index in [0.717, 1.165) is 49.8 Å². The first-order valence-electron chi connectivity index (χ1n) is 16.1. The number of hydrogen-bond acceptors (Lipinski definition) is 5. The Kier molecular flexibility index (Phi) is 9.83. The van der Waals surface area contributed by atoms with E-state index in [9.17, 15) is 5.11 Å². The third-order valence-electron chi connectivity index (χ3n) is 9.61. The molecule has 1 unspecified atom stereocenters. The summed E-state index contributed by atoms with van der Waals surface area (Å²) in [6.07, 6.45) is 6.02. The molecule has 0 saturated carbocycles. The van der Waals surface area contributed by atoms with Gasteiger partial charge in [0.1, 0.15) is 11.5 Å². The van der Waals surface area contributed by atoms with Gasteiger partial charge >= 0.3 is 0 Å². The van der Waals surface area contributed by atoms with Crippen LogP contribution in [-0.4, -0.2) is 35.1 Å². The average molecular weight is 701 g/mol. The number of ether oxygens (including phenoxy) is 1. The first-order valence-corrected chi connectivity index (χ1v) is 19.1. The summed E-state index contributed by atoms with van der Waals surface area (Å²) in [6, 6.07) is 20.4. The van der Waals surface area contributed by atoms with E-state index in [1.807, 2.05) is 35.9 Å². The van der Waals surface area contributed by atoms with Crippen molar-refractivity contribution in [3.8, 4) is 22.6 Å². The van der Waals surface area contributed by atoms with Gasteiger partial charge in [0.15, 0.2) is 5.60 Å². The van der Waals surface area contributed by atoms with Crippen LogP contribution in [0.1, 0.15) is 70.9 Å². The zero-order valence-corrected chi connectivity index (χ0v) is 31.0. The van der Waals surface area contributed by atoms with Gasteiger partial charge in [0, 0.05) is 34.7 Å². The van der Waals surface area contributed by atoms with E-state index < -0.39 is 13.9 Å². The van der Waals surface area contributed by atoms with Crippen LogP contribution in [0, 0.1) is 0 Å². The maximum atomic E-state index is 12.8. The third kappa shape index (κ3) is 5.91. The molecule has 5 rings (SSSR count). The summed E-state index contributed by atoms with van der Waals surface area (Å²) >= 11 is 3.67. The summed E-state index contributed by atoms with van der Waals surface area (Å²) in [6.45, 7) is 15.9. The van der Waals surface area contributed by atoms with Gasteiger partial charge < -0.3 is 18.8 Å². The molecule has 0 aliphatic heterocycles. The van der Waals surface area contributed by atoms with Crippen molar-refractivity contribution < 1.29 is 14.3 Å². The number of pyridine rings is 1. The second-order valence-electron chi connectivity index (χ2n) is 13.2. The number of halogens is 1. The first kappa shape index (κ1) is 33.9. The highest BCUT2D eigenvalue weighted by molar-refractivity contribution is 9.10. The summed E-state index contributed by atoms with van der Waals surface area (Å²) in [7, 11) is 1.41. The van der Waals surface area contributed by atoms with Crippen LogP contribution in [0.15, 0.2) is 83.9 Å². The molecule has 242 valence electrons. The number of fused-ring (bicyclic) bond motifs is 1. The number of aliphatic hydroxyl groups is 1. The fraction of sp³-hybridized carbons (Fsp3) is 0.368. The molecule has 0 spiro atoms. The largest absolute Gasteiger partial charge is 0.543 e. The quantitative estimate of drug-likeness (QED) is 0.139. The van der Waals surface area contributed by atoms with Crippen LogP contribution in [0.25, 0.3) is 22.0 Å². The molecule has 0 fully saturated rings. The Hall–Kier alpha value is -3.46. The molecule has 0 aliphatic rings. The number of aryl methyl sites for hydroxylation is 2. The van der Waals surface area contributed by atoms with Crippen LogP contribution >= 0.6 is 15.9 Å². The van der Waals surface area contributed by atoms with E-state index in [0.29, 0.717) is 33.6 Å². The lowest BCUT2D eigenvalue weighted by Gasteiger charge is -2.42. The lowest BCUT2D eigenvalue weighted by atomic mass is 9.82. The standard InChI is InChI=1S/C38H46BrN3O3Si/c1-10-27-16-29(14-15-35(27)39)38(43,37-22-40-23-42(37)8)30-18-34-33(19-32(44-9)20-36(34)41-21-30)28-12-11-13-31(17-28)45-46(24(2)3,25(4)5)26(6)7/h11-26,43H,10H2,1-9H3. The number of methoxy groups -OCH3 is 1. The molecule has 8 heteroatoms. The second kappa shape index (κ2) is 13.3. The Bertz CT molecular complexity index is 1830. The van der Waals surface area contributed by atoms with Crippen LogP contribution in [-0.2, 0) is 19.1 Å². The molecule has 0 saturated heterocycles. The van der Waals surface area contributed by atoms with Gasteiger partial charge in [0.05, 0.1) is 30.8 Å². The summed E-state index contributed by atoms with van der Waals surface area (Å²) < 4.78 is 15.7. The van der Waals surface area contributed by atoms with E-state index in [2.05, 4.69) is 106 Å². The van der Waals surface area contributed by atoms with Gasteiger partial charge in [-0.15, -0.1) is 0 Å². The maximum Gasteiger partial charge on any atom is 0.258 e. The molecule has 3 aromatic carbocycles. The predicted octanol–water partition coefficient (Wildman–Crippen LogP) is 9.81. The van der Waals surface area contributed by atoms with E-state index in [1.165, 1.54) is 0 Å². The minimum absolute atomic E-state index is 0.456. The Morgan fingerprint density at radius 3 is 2.22 bits per heavy atom. The second-order valence-corrected chi connectivity index (χ2v) is 19.4. The number of benzene rings is 3. The molecular weight excluding hydrogens is 654 g/mol. The monoisotopic (exact) mass is 699 g/mol. The van der Waals surface area contributed by atoms with Crippen molar-refractivity contribution in [3.05, 3.63) is 106 Å². The Balaban J connectivity index is 1.73. The van der Waals surface area contributed by atoms with Crippen molar-refractivity contribution >= 4 is 35.2 Å². The van der Waals surface area contributed by atoms with Gasteiger partial charge in [-0.1, -0.05) is 88.7 Å². The van der Waals surface area contributed by atoms with E-state index >= 15 is 0 Å². The van der Waals surface area contributed by atoms with Gasteiger partial charge in [-0.25, -0.2) is 4.98 Å². The first-order chi connectivity index (χ1) is 21.9. The highest BCUT2D eigenvalue weighted by Gasteiger charge is 2.47. The fourth-order valence-corrected chi connectivity index (χ4v) is 13.1. The topological polar surface area (TPSA) is 69.4 Å². The van der Waals surface area contributed by atoms with Crippen molar-refractivity contribution in [1.82, 2.24) is 14.5 Å². The fourth-order valence-electron chi connectivity index (χ4n) is 7.28. The third-order valence-corrected chi connectivity index (χ3v) is 16.4. The van der Waals surface area contributed by atoms with Crippen LogP contribution in [0.4, 0.5) is 0 Å². The molecule has 5 aromatic rings. The summed E-state index contributed by atoms with van der Waals surface area (Å²) in [5.74, 6) is 1.60. The predicted molar refractivity (Wildman–Crippen MR) is 194 cm³/mol. The smallest absolute Gasteiger partial charge is 0.258 e. The van der Waals surface area contributed by atoms with E-state index in [4.69, 9.17) is 14.1 Å². The molecule has 0 amide bonds. The molecule has 2 heterocycles. The van der Waals surface area contributed by atoms with Gasteiger partial charge in [-0.2, -0.15) is 0 Å². The molecule has 0 aliphatic carbocycles. The molecule has 1 atom stereocenters. The summed E-state index contributed by atoms with van der Waals surface area (Å²) in [4.78, 5) is 9.29. The maximum absolute atomic E-state index is 12.8.